The molecule has 2 rings (SSSR count). The average Bonchev–Trinajstić information content (AvgIpc) is 2.78. The highest BCUT2D eigenvalue weighted by atomic mass is 16.3. The van der Waals surface area contributed by atoms with Crippen molar-refractivity contribution in [1.82, 2.24) is 9.47 Å². The number of primary amides is 1. The lowest BCUT2D eigenvalue weighted by atomic mass is 10.1. The minimum atomic E-state index is -0.890. The van der Waals surface area contributed by atoms with Crippen LogP contribution in [-0.4, -0.2) is 39.2 Å². The second-order valence-corrected chi connectivity index (χ2v) is 6.76. The van der Waals surface area contributed by atoms with E-state index in [1.165, 1.54) is 0 Å². The predicted octanol–water partition coefficient (Wildman–Crippen LogP) is 3.94. The van der Waals surface area contributed by atoms with Gasteiger partial charge in [0.25, 0.3) is 0 Å². The molecule has 0 aliphatic rings. The van der Waals surface area contributed by atoms with Crippen LogP contribution >= 0.6 is 0 Å². The Kier molecular flexibility index (Phi) is 5.79. The molecule has 0 radical (unpaired) electrons. The van der Waals surface area contributed by atoms with E-state index in [1.807, 2.05) is 29.7 Å². The molecule has 2 amide bonds. The molecule has 0 unspecified atom stereocenters. The number of amides is 2. The summed E-state index contributed by atoms with van der Waals surface area (Å²) in [5.41, 5.74) is 7.23. The van der Waals surface area contributed by atoms with Crippen LogP contribution in [0, 0.1) is 6.92 Å². The minimum Gasteiger partial charge on any atom is -0.493 e. The molecule has 0 fully saturated rings. The minimum absolute atomic E-state index is 0.00163. The molecule has 0 saturated carbocycles. The summed E-state index contributed by atoms with van der Waals surface area (Å²) in [5.74, 6) is 0.00163. The first kappa shape index (κ1) is 18.9. The molecule has 2 aromatic rings. The zero-order chi connectivity index (χ0) is 18.7. The second kappa shape index (κ2) is 7.65. The van der Waals surface area contributed by atoms with Gasteiger partial charge in [0.05, 0.1) is 5.52 Å². The fourth-order valence-electron chi connectivity index (χ4n) is 3.31. The van der Waals surface area contributed by atoms with Gasteiger partial charge in [-0.3, -0.25) is 4.90 Å². The highest BCUT2D eigenvalue weighted by Crippen LogP contribution is 2.40. The average molecular weight is 345 g/mol. The van der Waals surface area contributed by atoms with E-state index >= 15 is 0 Å². The Morgan fingerprint density at radius 2 is 1.92 bits per heavy atom. The third-order valence-corrected chi connectivity index (χ3v) is 4.39. The summed E-state index contributed by atoms with van der Waals surface area (Å²) in [5, 5.41) is 18.7. The molecule has 0 bridgehead atoms. The van der Waals surface area contributed by atoms with Gasteiger partial charge in [-0.25, -0.2) is 4.79 Å². The highest BCUT2D eigenvalue weighted by molar-refractivity contribution is 5.97. The molecule has 0 atom stereocenters. The third-order valence-electron chi connectivity index (χ3n) is 4.39. The van der Waals surface area contributed by atoms with E-state index in [0.29, 0.717) is 18.6 Å². The molecule has 0 aliphatic heterocycles. The van der Waals surface area contributed by atoms with Crippen molar-refractivity contribution >= 4 is 22.6 Å². The molecule has 1 aromatic heterocycles. The van der Waals surface area contributed by atoms with Crippen molar-refractivity contribution in [2.45, 2.75) is 53.2 Å². The number of carbonyl (C=O) groups is 1. The first-order valence-corrected chi connectivity index (χ1v) is 8.51. The first-order chi connectivity index (χ1) is 11.7. The van der Waals surface area contributed by atoms with Gasteiger partial charge < -0.3 is 15.4 Å². The summed E-state index contributed by atoms with van der Waals surface area (Å²) < 4.78 is 1.83. The van der Waals surface area contributed by atoms with Crippen LogP contribution in [0.2, 0.25) is 0 Å². The maximum atomic E-state index is 10.9. The Bertz CT molecular complexity index is 784. The van der Waals surface area contributed by atoms with Crippen molar-refractivity contribution in [2.75, 3.05) is 6.54 Å². The molecule has 136 valence electrons. The van der Waals surface area contributed by atoms with Crippen LogP contribution in [0.15, 0.2) is 28.4 Å². The number of azo groups is 1. The molecule has 1 heterocycles. The van der Waals surface area contributed by atoms with Gasteiger partial charge in [0, 0.05) is 30.6 Å². The van der Waals surface area contributed by atoms with Gasteiger partial charge in [0.2, 0.25) is 5.88 Å². The van der Waals surface area contributed by atoms with Crippen molar-refractivity contribution in [3.05, 3.63) is 23.8 Å². The van der Waals surface area contributed by atoms with Crippen LogP contribution in [0.3, 0.4) is 0 Å². The van der Waals surface area contributed by atoms with Gasteiger partial charge in [0.15, 0.2) is 5.69 Å². The molecular formula is C18H27N5O2. The molecule has 0 spiro atoms. The van der Waals surface area contributed by atoms with Crippen LogP contribution in [0.25, 0.3) is 10.9 Å². The van der Waals surface area contributed by atoms with Crippen molar-refractivity contribution in [3.8, 4) is 5.88 Å². The Morgan fingerprint density at radius 1 is 1.28 bits per heavy atom. The predicted molar refractivity (Wildman–Crippen MR) is 99.4 cm³/mol. The fourth-order valence-corrected chi connectivity index (χ4v) is 3.31. The van der Waals surface area contributed by atoms with Gasteiger partial charge >= 0.3 is 6.03 Å². The van der Waals surface area contributed by atoms with Gasteiger partial charge in [-0.1, -0.05) is 23.3 Å². The third kappa shape index (κ3) is 3.99. The Morgan fingerprint density at radius 3 is 2.48 bits per heavy atom. The normalized spacial score (nSPS) is 12.3. The number of fused-ring (bicyclic) bond motifs is 1. The number of nitrogens with two attached hydrogens (primary N) is 1. The number of aromatic hydroxyl groups is 1. The number of hydrogen-bond donors (Lipinski definition) is 2. The zero-order valence-corrected chi connectivity index (χ0v) is 15.5. The fraction of sp³-hybridized carbons (Fsp3) is 0.500. The molecule has 0 saturated heterocycles. The van der Waals surface area contributed by atoms with Crippen molar-refractivity contribution in [2.24, 2.45) is 16.0 Å². The van der Waals surface area contributed by atoms with Gasteiger partial charge in [-0.05, 0) is 40.2 Å². The number of aryl methyl sites for hydroxylation is 1. The van der Waals surface area contributed by atoms with Crippen LogP contribution < -0.4 is 5.73 Å². The molecule has 25 heavy (non-hydrogen) atoms. The van der Waals surface area contributed by atoms with Crippen molar-refractivity contribution in [1.29, 1.82) is 0 Å². The number of rotatable bonds is 6. The van der Waals surface area contributed by atoms with E-state index in [4.69, 9.17) is 5.73 Å². The monoisotopic (exact) mass is 345 g/mol. The topological polar surface area (TPSA) is 96.2 Å². The molecule has 7 nitrogen and oxygen atoms in total. The van der Waals surface area contributed by atoms with E-state index < -0.39 is 6.03 Å². The Labute approximate surface area is 148 Å². The smallest absolute Gasteiger partial charge is 0.356 e. The molecule has 1 aromatic carbocycles. The number of para-hydroxylation sites is 1. The number of urea groups is 1. The maximum Gasteiger partial charge on any atom is 0.356 e. The Balaban J connectivity index is 2.49. The van der Waals surface area contributed by atoms with E-state index in [-0.39, 0.29) is 11.6 Å². The maximum absolute atomic E-state index is 10.9. The van der Waals surface area contributed by atoms with Crippen LogP contribution in [0.1, 0.15) is 33.3 Å². The summed E-state index contributed by atoms with van der Waals surface area (Å²) in [6.45, 7) is 12.0. The standard InChI is InChI=1S/C18H27N5O2/c1-11(2)22(12(3)4)9-10-23-16-13(5)7-6-8-14(16)15(17(23)24)20-21-18(19)25/h6-8,11-12,24H,9-10H2,1-5H3,(H2,19,25). The zero-order valence-electron chi connectivity index (χ0n) is 15.5. The molecule has 3 N–H and O–H groups in total. The molecule has 7 heteroatoms. The number of hydrogen-bond acceptors (Lipinski definition) is 4. The number of nitrogens with zero attached hydrogens (tertiary/aromatic N) is 4. The van der Waals surface area contributed by atoms with Crippen molar-refractivity contribution in [3.63, 3.8) is 0 Å². The lowest BCUT2D eigenvalue weighted by Gasteiger charge is -2.30. The SMILES string of the molecule is Cc1cccc2c(N=NC(N)=O)c(O)n(CCN(C(C)C)C(C)C)c12. The number of benzene rings is 1. The van der Waals surface area contributed by atoms with Crippen LogP contribution in [-0.2, 0) is 6.54 Å². The lowest BCUT2D eigenvalue weighted by Crippen LogP contribution is -2.39. The van der Waals surface area contributed by atoms with Gasteiger partial charge in [-0.15, -0.1) is 5.11 Å². The first-order valence-electron chi connectivity index (χ1n) is 8.51. The summed E-state index contributed by atoms with van der Waals surface area (Å²) in [6.07, 6.45) is 0. The lowest BCUT2D eigenvalue weighted by molar-refractivity contribution is 0.167. The number of aromatic nitrogens is 1. The highest BCUT2D eigenvalue weighted by Gasteiger charge is 2.20. The van der Waals surface area contributed by atoms with E-state index in [1.54, 1.807) is 0 Å². The second-order valence-electron chi connectivity index (χ2n) is 6.76. The summed E-state index contributed by atoms with van der Waals surface area (Å²) in [6, 6.07) is 5.64. The molecular weight excluding hydrogens is 318 g/mol. The summed E-state index contributed by atoms with van der Waals surface area (Å²) in [7, 11) is 0. The van der Waals surface area contributed by atoms with Gasteiger partial charge in [-0.2, -0.15) is 0 Å². The number of carbonyl (C=O) groups excluding carboxylic acids is 1. The summed E-state index contributed by atoms with van der Waals surface area (Å²) >= 11 is 0. The largest absolute Gasteiger partial charge is 0.493 e. The van der Waals surface area contributed by atoms with Gasteiger partial charge in [0.1, 0.15) is 0 Å². The molecule has 0 aliphatic carbocycles. The van der Waals surface area contributed by atoms with Crippen LogP contribution in [0.4, 0.5) is 10.5 Å². The van der Waals surface area contributed by atoms with E-state index in [0.717, 1.165) is 23.0 Å². The van der Waals surface area contributed by atoms with Crippen molar-refractivity contribution < 1.29 is 9.90 Å². The van der Waals surface area contributed by atoms with E-state index in [2.05, 4.69) is 42.8 Å². The van der Waals surface area contributed by atoms with Crippen LogP contribution in [0.5, 0.6) is 5.88 Å². The quantitative estimate of drug-likeness (QED) is 0.776. The Hall–Kier alpha value is -2.41. The summed E-state index contributed by atoms with van der Waals surface area (Å²) in [4.78, 5) is 13.3. The van der Waals surface area contributed by atoms with E-state index in [9.17, 15) is 9.90 Å².